The van der Waals surface area contributed by atoms with Crippen molar-refractivity contribution in [1.29, 1.82) is 0 Å². The molecule has 0 aromatic carbocycles. The van der Waals surface area contributed by atoms with Crippen LogP contribution in [0.15, 0.2) is 0 Å². The Morgan fingerprint density at radius 2 is 2.17 bits per heavy atom. The van der Waals surface area contributed by atoms with E-state index in [1.165, 1.54) is 0 Å². The van der Waals surface area contributed by atoms with Crippen molar-refractivity contribution in [2.24, 2.45) is 5.73 Å². The van der Waals surface area contributed by atoms with Gasteiger partial charge in [-0.3, -0.25) is 10.2 Å². The number of carbonyl (C=O) groups excluding carboxylic acids is 1. The van der Waals surface area contributed by atoms with Gasteiger partial charge in [0, 0.05) is 26.1 Å². The Hall–Kier alpha value is -0.610. The highest BCUT2D eigenvalue weighted by molar-refractivity contribution is 5.76. The molecular formula is C8H17N3O. The van der Waals surface area contributed by atoms with Crippen LogP contribution in [0.1, 0.15) is 25.7 Å². The summed E-state index contributed by atoms with van der Waals surface area (Å²) in [4.78, 5) is 11.2. The fourth-order valence-corrected chi connectivity index (χ4v) is 1.42. The molecule has 0 aliphatic heterocycles. The van der Waals surface area contributed by atoms with E-state index in [0.29, 0.717) is 6.42 Å². The van der Waals surface area contributed by atoms with Crippen LogP contribution in [0.3, 0.4) is 0 Å². The monoisotopic (exact) mass is 171 g/mol. The molecule has 1 aliphatic rings. The van der Waals surface area contributed by atoms with Crippen LogP contribution in [0, 0.1) is 0 Å². The van der Waals surface area contributed by atoms with E-state index in [1.807, 2.05) is 0 Å². The Morgan fingerprint density at radius 1 is 1.58 bits per heavy atom. The first-order valence-corrected chi connectivity index (χ1v) is 4.28. The molecule has 0 atom stereocenters. The molecule has 1 aliphatic carbocycles. The quantitative estimate of drug-likeness (QED) is 0.581. The Kier molecular flexibility index (Phi) is 2.69. The third-order valence-electron chi connectivity index (χ3n) is 2.21. The number of carbonyl (C=O) groups is 1. The van der Waals surface area contributed by atoms with Crippen LogP contribution in [0.4, 0.5) is 0 Å². The minimum absolute atomic E-state index is 0.0159. The Balaban J connectivity index is 2.26. The molecule has 0 bridgehead atoms. The van der Waals surface area contributed by atoms with Crippen LogP contribution in [0.25, 0.3) is 0 Å². The van der Waals surface area contributed by atoms with Gasteiger partial charge in [0.05, 0.1) is 0 Å². The number of rotatable bonds is 3. The van der Waals surface area contributed by atoms with E-state index in [0.717, 1.165) is 19.3 Å². The normalized spacial score (nSPS) is 20.3. The summed E-state index contributed by atoms with van der Waals surface area (Å²) in [6.45, 7) is 0. The van der Waals surface area contributed by atoms with Gasteiger partial charge >= 0.3 is 0 Å². The highest BCUT2D eigenvalue weighted by atomic mass is 16.2. The van der Waals surface area contributed by atoms with E-state index in [2.05, 4.69) is 5.43 Å². The first-order chi connectivity index (χ1) is 5.52. The molecule has 0 aromatic heterocycles. The van der Waals surface area contributed by atoms with Crippen molar-refractivity contribution < 1.29 is 4.79 Å². The van der Waals surface area contributed by atoms with Crippen LogP contribution in [0.5, 0.6) is 0 Å². The summed E-state index contributed by atoms with van der Waals surface area (Å²) in [5.41, 5.74) is 8.37. The van der Waals surface area contributed by atoms with Gasteiger partial charge < -0.3 is 5.73 Å². The molecule has 4 nitrogen and oxygen atoms in total. The predicted octanol–water partition coefficient (Wildman–Crippen LogP) is -0.149. The maximum absolute atomic E-state index is 11.2. The lowest BCUT2D eigenvalue weighted by Gasteiger charge is -2.37. The largest absolute Gasteiger partial charge is 0.325 e. The van der Waals surface area contributed by atoms with Gasteiger partial charge in [-0.2, -0.15) is 0 Å². The second-order valence-electron chi connectivity index (χ2n) is 3.82. The molecule has 3 N–H and O–H groups in total. The summed E-state index contributed by atoms with van der Waals surface area (Å²) in [6, 6.07) is 0. The van der Waals surface area contributed by atoms with Gasteiger partial charge in [-0.1, -0.05) is 0 Å². The van der Waals surface area contributed by atoms with Gasteiger partial charge in [0.1, 0.15) is 0 Å². The zero-order valence-electron chi connectivity index (χ0n) is 7.76. The maximum Gasteiger partial charge on any atom is 0.236 e. The maximum atomic E-state index is 11.2. The van der Waals surface area contributed by atoms with Gasteiger partial charge in [-0.25, -0.2) is 5.01 Å². The number of nitrogens with one attached hydrogen (secondary N) is 1. The number of hydrogen-bond acceptors (Lipinski definition) is 3. The summed E-state index contributed by atoms with van der Waals surface area (Å²) in [5, 5.41) is 1.64. The minimum atomic E-state index is -0.208. The number of amides is 1. The van der Waals surface area contributed by atoms with Crippen molar-refractivity contribution in [1.82, 2.24) is 10.4 Å². The summed E-state index contributed by atoms with van der Waals surface area (Å²) in [5.74, 6) is 0.0159. The van der Waals surface area contributed by atoms with E-state index >= 15 is 0 Å². The molecule has 4 heteroatoms. The van der Waals surface area contributed by atoms with Crippen molar-refractivity contribution >= 4 is 5.91 Å². The molecule has 12 heavy (non-hydrogen) atoms. The fourth-order valence-electron chi connectivity index (χ4n) is 1.42. The molecule has 1 amide bonds. The van der Waals surface area contributed by atoms with E-state index in [1.54, 1.807) is 19.1 Å². The Labute approximate surface area is 73.1 Å². The lowest BCUT2D eigenvalue weighted by molar-refractivity contribution is -0.126. The minimum Gasteiger partial charge on any atom is -0.325 e. The molecule has 1 fully saturated rings. The third-order valence-corrected chi connectivity index (χ3v) is 2.21. The first kappa shape index (κ1) is 9.48. The van der Waals surface area contributed by atoms with Gasteiger partial charge in [0.2, 0.25) is 5.91 Å². The predicted molar refractivity (Wildman–Crippen MR) is 47.2 cm³/mol. The van der Waals surface area contributed by atoms with E-state index in [-0.39, 0.29) is 11.4 Å². The molecule has 0 heterocycles. The summed E-state index contributed by atoms with van der Waals surface area (Å²) >= 11 is 0. The number of hydrogen-bond donors (Lipinski definition) is 2. The lowest BCUT2D eigenvalue weighted by Crippen LogP contribution is -2.51. The van der Waals surface area contributed by atoms with Crippen LogP contribution in [0.2, 0.25) is 0 Å². The van der Waals surface area contributed by atoms with E-state index in [4.69, 9.17) is 5.73 Å². The van der Waals surface area contributed by atoms with Crippen LogP contribution in [-0.2, 0) is 4.79 Å². The van der Waals surface area contributed by atoms with Gasteiger partial charge in [0.25, 0.3) is 0 Å². The second kappa shape index (κ2) is 3.41. The highest BCUT2D eigenvalue weighted by Crippen LogP contribution is 2.31. The van der Waals surface area contributed by atoms with Crippen molar-refractivity contribution in [2.75, 3.05) is 14.1 Å². The third kappa shape index (κ3) is 2.46. The molecule has 0 aromatic rings. The Bertz CT molecular complexity index is 175. The van der Waals surface area contributed by atoms with Crippen molar-refractivity contribution in [2.45, 2.75) is 31.2 Å². The molecule has 1 rings (SSSR count). The zero-order valence-corrected chi connectivity index (χ0v) is 7.76. The van der Waals surface area contributed by atoms with Crippen molar-refractivity contribution in [3.8, 4) is 0 Å². The topological polar surface area (TPSA) is 58.4 Å². The number of nitrogens with two attached hydrogens (primary N) is 1. The van der Waals surface area contributed by atoms with Gasteiger partial charge in [-0.15, -0.1) is 0 Å². The van der Waals surface area contributed by atoms with Gasteiger partial charge in [-0.05, 0) is 19.3 Å². The fraction of sp³-hybridized carbons (Fsp3) is 0.875. The standard InChI is InChI=1S/C8H17N3O/c1-11(2)10-7(12)6-8(9)4-3-5-8/h3-6,9H2,1-2H3,(H,10,12). The van der Waals surface area contributed by atoms with Crippen LogP contribution in [-0.4, -0.2) is 30.6 Å². The van der Waals surface area contributed by atoms with Crippen molar-refractivity contribution in [3.63, 3.8) is 0 Å². The summed E-state index contributed by atoms with van der Waals surface area (Å²) in [6.07, 6.45) is 3.57. The molecular weight excluding hydrogens is 154 g/mol. The van der Waals surface area contributed by atoms with Crippen LogP contribution < -0.4 is 11.2 Å². The second-order valence-corrected chi connectivity index (χ2v) is 3.82. The average molecular weight is 171 g/mol. The molecule has 0 radical (unpaired) electrons. The van der Waals surface area contributed by atoms with Crippen LogP contribution >= 0.6 is 0 Å². The number of hydrazine groups is 1. The molecule has 0 spiro atoms. The first-order valence-electron chi connectivity index (χ1n) is 4.28. The molecule has 0 unspecified atom stereocenters. The lowest BCUT2D eigenvalue weighted by atomic mass is 9.75. The average Bonchev–Trinajstić information content (AvgIpc) is 1.81. The van der Waals surface area contributed by atoms with E-state index < -0.39 is 0 Å². The molecule has 0 saturated heterocycles. The molecule has 1 saturated carbocycles. The smallest absolute Gasteiger partial charge is 0.236 e. The number of nitrogens with zero attached hydrogens (tertiary/aromatic N) is 1. The Morgan fingerprint density at radius 3 is 2.50 bits per heavy atom. The summed E-state index contributed by atoms with van der Waals surface area (Å²) in [7, 11) is 3.59. The SMILES string of the molecule is CN(C)NC(=O)CC1(N)CCC1. The van der Waals surface area contributed by atoms with Gasteiger partial charge in [0.15, 0.2) is 0 Å². The van der Waals surface area contributed by atoms with Crippen molar-refractivity contribution in [3.05, 3.63) is 0 Å². The highest BCUT2D eigenvalue weighted by Gasteiger charge is 2.34. The zero-order chi connectivity index (χ0) is 9.19. The summed E-state index contributed by atoms with van der Waals surface area (Å²) < 4.78 is 0. The molecule has 70 valence electrons. The van der Waals surface area contributed by atoms with E-state index in [9.17, 15) is 4.79 Å².